The van der Waals surface area contributed by atoms with E-state index in [1.165, 1.54) is 6.07 Å². The first-order valence-electron chi connectivity index (χ1n) is 4.92. The van der Waals surface area contributed by atoms with Gasteiger partial charge >= 0.3 is 0 Å². The Morgan fingerprint density at radius 2 is 2.18 bits per heavy atom. The van der Waals surface area contributed by atoms with Crippen molar-refractivity contribution in [3.8, 4) is 5.88 Å². The second-order valence-corrected chi connectivity index (χ2v) is 3.38. The average molecular weight is 235 g/mol. The van der Waals surface area contributed by atoms with E-state index in [2.05, 4.69) is 15.3 Å². The Hall–Kier alpha value is -2.37. The van der Waals surface area contributed by atoms with E-state index in [1.54, 1.807) is 18.2 Å². The number of hydrogen-bond acceptors (Lipinski definition) is 4. The first kappa shape index (κ1) is 11.1. The van der Waals surface area contributed by atoms with Crippen LogP contribution in [0, 0.1) is 5.82 Å². The maximum absolute atomic E-state index is 13.3. The van der Waals surface area contributed by atoms with Gasteiger partial charge in [-0.2, -0.15) is 0 Å². The highest BCUT2D eigenvalue weighted by Crippen LogP contribution is 2.14. The van der Waals surface area contributed by atoms with Crippen LogP contribution in [-0.2, 0) is 6.54 Å². The molecule has 5 nitrogen and oxygen atoms in total. The van der Waals surface area contributed by atoms with E-state index in [9.17, 15) is 14.3 Å². The van der Waals surface area contributed by atoms with Gasteiger partial charge in [-0.1, -0.05) is 18.2 Å². The van der Waals surface area contributed by atoms with Crippen molar-refractivity contribution in [2.24, 2.45) is 0 Å². The predicted octanol–water partition coefficient (Wildman–Crippen LogP) is 1.23. The fourth-order valence-electron chi connectivity index (χ4n) is 1.38. The van der Waals surface area contributed by atoms with Crippen molar-refractivity contribution >= 4 is 5.69 Å². The zero-order valence-corrected chi connectivity index (χ0v) is 8.77. The Bertz CT molecular complexity index is 583. The Balaban J connectivity index is 2.19. The highest BCUT2D eigenvalue weighted by atomic mass is 19.1. The van der Waals surface area contributed by atoms with E-state index in [1.807, 2.05) is 0 Å². The van der Waals surface area contributed by atoms with Gasteiger partial charge in [0.25, 0.3) is 5.56 Å². The summed E-state index contributed by atoms with van der Waals surface area (Å²) in [5.74, 6) is -0.787. The third kappa shape index (κ3) is 2.41. The number of aromatic nitrogens is 2. The molecule has 1 heterocycles. The average Bonchev–Trinajstić information content (AvgIpc) is 2.30. The summed E-state index contributed by atoms with van der Waals surface area (Å²) < 4.78 is 13.3. The lowest BCUT2D eigenvalue weighted by molar-refractivity contribution is 0.453. The molecule has 3 N–H and O–H groups in total. The molecule has 0 bridgehead atoms. The van der Waals surface area contributed by atoms with Gasteiger partial charge in [-0.05, 0) is 6.07 Å². The smallest absolute Gasteiger partial charge is 0.278 e. The standard InChI is InChI=1S/C11H10FN3O2/c12-8-4-2-1-3-7(8)5-13-9-10(16)14-6-15-11(9)17/h1-4,6,13H,5H2,(H2,14,15,16,17). The molecule has 0 unspecified atom stereocenters. The van der Waals surface area contributed by atoms with Gasteiger partial charge in [-0.3, -0.25) is 4.79 Å². The monoisotopic (exact) mass is 235 g/mol. The Morgan fingerprint density at radius 1 is 1.41 bits per heavy atom. The number of benzene rings is 1. The zero-order valence-electron chi connectivity index (χ0n) is 8.77. The third-order valence-corrected chi connectivity index (χ3v) is 2.25. The van der Waals surface area contributed by atoms with Crippen molar-refractivity contribution in [2.75, 3.05) is 5.32 Å². The van der Waals surface area contributed by atoms with Crippen molar-refractivity contribution in [1.82, 2.24) is 9.97 Å². The van der Waals surface area contributed by atoms with Crippen LogP contribution in [0.2, 0.25) is 0 Å². The molecule has 6 heteroatoms. The van der Waals surface area contributed by atoms with E-state index in [0.29, 0.717) is 5.56 Å². The molecule has 0 radical (unpaired) electrons. The second kappa shape index (κ2) is 4.65. The first-order valence-corrected chi connectivity index (χ1v) is 4.92. The molecule has 0 spiro atoms. The Morgan fingerprint density at radius 3 is 2.88 bits per heavy atom. The van der Waals surface area contributed by atoms with Crippen LogP contribution < -0.4 is 10.9 Å². The molecule has 1 aromatic heterocycles. The highest BCUT2D eigenvalue weighted by molar-refractivity contribution is 5.49. The number of aromatic amines is 1. The largest absolute Gasteiger partial charge is 0.492 e. The predicted molar refractivity (Wildman–Crippen MR) is 60.2 cm³/mol. The normalized spacial score (nSPS) is 10.2. The lowest BCUT2D eigenvalue weighted by Crippen LogP contribution is -2.14. The van der Waals surface area contributed by atoms with Gasteiger partial charge in [0.2, 0.25) is 5.88 Å². The number of nitrogens with zero attached hydrogens (tertiary/aromatic N) is 1. The molecule has 0 saturated carbocycles. The van der Waals surface area contributed by atoms with Crippen molar-refractivity contribution in [2.45, 2.75) is 6.54 Å². The van der Waals surface area contributed by atoms with Crippen LogP contribution in [0.15, 0.2) is 35.4 Å². The molecule has 0 atom stereocenters. The van der Waals surface area contributed by atoms with Crippen LogP contribution in [0.1, 0.15) is 5.56 Å². The van der Waals surface area contributed by atoms with Gasteiger partial charge in [0.15, 0.2) is 5.69 Å². The van der Waals surface area contributed by atoms with E-state index in [0.717, 1.165) is 6.33 Å². The minimum atomic E-state index is -0.506. The van der Waals surface area contributed by atoms with Crippen LogP contribution in [0.5, 0.6) is 5.88 Å². The summed E-state index contributed by atoms with van der Waals surface area (Å²) in [5.41, 5.74) is -0.181. The second-order valence-electron chi connectivity index (χ2n) is 3.38. The summed E-state index contributed by atoms with van der Waals surface area (Å²) in [4.78, 5) is 17.2. The molecular weight excluding hydrogens is 225 g/mol. The van der Waals surface area contributed by atoms with Crippen molar-refractivity contribution in [3.05, 3.63) is 52.3 Å². The van der Waals surface area contributed by atoms with Crippen molar-refractivity contribution in [3.63, 3.8) is 0 Å². The summed E-state index contributed by atoms with van der Waals surface area (Å²) in [6.45, 7) is 0.0923. The van der Waals surface area contributed by atoms with Gasteiger partial charge in [0.05, 0.1) is 6.33 Å². The number of aromatic hydroxyl groups is 1. The number of halogens is 1. The summed E-state index contributed by atoms with van der Waals surface area (Å²) in [5, 5.41) is 12.0. The SMILES string of the molecule is O=c1[nH]cnc(O)c1NCc1ccccc1F. The summed E-state index contributed by atoms with van der Waals surface area (Å²) in [6.07, 6.45) is 1.09. The first-order chi connectivity index (χ1) is 8.18. The number of H-pyrrole nitrogens is 1. The third-order valence-electron chi connectivity index (χ3n) is 2.25. The summed E-state index contributed by atoms with van der Waals surface area (Å²) in [7, 11) is 0. The number of hydrogen-bond donors (Lipinski definition) is 3. The van der Waals surface area contributed by atoms with Crippen LogP contribution in [0.25, 0.3) is 0 Å². The summed E-state index contributed by atoms with van der Waals surface area (Å²) in [6, 6.07) is 6.18. The quantitative estimate of drug-likeness (QED) is 0.747. The molecule has 0 aliphatic heterocycles. The molecule has 0 fully saturated rings. The van der Waals surface area contributed by atoms with Gasteiger partial charge in [0.1, 0.15) is 5.82 Å². The Labute approximate surface area is 96.0 Å². The van der Waals surface area contributed by atoms with Crippen molar-refractivity contribution < 1.29 is 9.50 Å². The van der Waals surface area contributed by atoms with Crippen LogP contribution in [0.4, 0.5) is 10.1 Å². The molecule has 0 aliphatic carbocycles. The lowest BCUT2D eigenvalue weighted by Gasteiger charge is -2.06. The molecule has 17 heavy (non-hydrogen) atoms. The maximum Gasteiger partial charge on any atom is 0.278 e. The van der Waals surface area contributed by atoms with Crippen LogP contribution in [-0.4, -0.2) is 15.1 Å². The molecule has 2 aromatic rings. The topological polar surface area (TPSA) is 78.0 Å². The molecule has 0 saturated heterocycles. The molecule has 2 rings (SSSR count). The molecule has 0 amide bonds. The van der Waals surface area contributed by atoms with Crippen LogP contribution >= 0.6 is 0 Å². The molecule has 88 valence electrons. The fraction of sp³-hybridized carbons (Fsp3) is 0.0909. The van der Waals surface area contributed by atoms with Gasteiger partial charge < -0.3 is 15.4 Å². The van der Waals surface area contributed by atoms with E-state index >= 15 is 0 Å². The molecule has 0 aliphatic rings. The minimum absolute atomic E-state index is 0.0734. The lowest BCUT2D eigenvalue weighted by atomic mass is 10.2. The molecule has 1 aromatic carbocycles. The van der Waals surface area contributed by atoms with E-state index < -0.39 is 11.4 Å². The van der Waals surface area contributed by atoms with E-state index in [-0.39, 0.29) is 18.0 Å². The number of nitrogens with one attached hydrogen (secondary N) is 2. The maximum atomic E-state index is 13.3. The zero-order chi connectivity index (χ0) is 12.3. The van der Waals surface area contributed by atoms with E-state index in [4.69, 9.17) is 0 Å². The molecular formula is C11H10FN3O2. The number of anilines is 1. The fourth-order valence-corrected chi connectivity index (χ4v) is 1.38. The van der Waals surface area contributed by atoms with Gasteiger partial charge in [-0.15, -0.1) is 0 Å². The van der Waals surface area contributed by atoms with Gasteiger partial charge in [0, 0.05) is 12.1 Å². The van der Waals surface area contributed by atoms with Gasteiger partial charge in [-0.25, -0.2) is 9.37 Å². The number of rotatable bonds is 3. The summed E-state index contributed by atoms with van der Waals surface area (Å²) >= 11 is 0. The van der Waals surface area contributed by atoms with Crippen LogP contribution in [0.3, 0.4) is 0 Å². The Kier molecular flexibility index (Phi) is 3.04. The highest BCUT2D eigenvalue weighted by Gasteiger charge is 2.07. The van der Waals surface area contributed by atoms with Crippen molar-refractivity contribution in [1.29, 1.82) is 0 Å². The minimum Gasteiger partial charge on any atom is -0.492 e.